The highest BCUT2D eigenvalue weighted by atomic mass is 19.1. The highest BCUT2D eigenvalue weighted by Crippen LogP contribution is 2.35. The molecule has 0 bridgehead atoms. The van der Waals surface area contributed by atoms with Gasteiger partial charge in [0.05, 0.1) is 0 Å². The summed E-state index contributed by atoms with van der Waals surface area (Å²) >= 11 is 0. The first-order valence-electron chi connectivity index (χ1n) is 6.85. The molecule has 0 saturated heterocycles. The largest absolute Gasteiger partial charge is 0.325 e. The molecular formula is C16H18FN3. The van der Waals surface area contributed by atoms with Gasteiger partial charge in [-0.25, -0.2) is 9.37 Å². The molecule has 1 aliphatic rings. The Hall–Kier alpha value is -1.94. The predicted octanol–water partition coefficient (Wildman–Crippen LogP) is 2.94. The van der Waals surface area contributed by atoms with Crippen molar-refractivity contribution >= 4 is 11.5 Å². The number of aryl methyl sites for hydroxylation is 1. The molecule has 2 heterocycles. The van der Waals surface area contributed by atoms with Gasteiger partial charge in [0.25, 0.3) is 0 Å². The van der Waals surface area contributed by atoms with E-state index < -0.39 is 0 Å². The zero-order chi connectivity index (χ0) is 14.1. The van der Waals surface area contributed by atoms with Crippen molar-refractivity contribution in [3.8, 4) is 0 Å². The van der Waals surface area contributed by atoms with Gasteiger partial charge in [0.1, 0.15) is 11.6 Å². The van der Waals surface area contributed by atoms with Crippen LogP contribution in [0.1, 0.15) is 16.7 Å². The smallest absolute Gasteiger partial charge is 0.135 e. The van der Waals surface area contributed by atoms with Crippen LogP contribution in [0.4, 0.5) is 15.9 Å². The fourth-order valence-electron chi connectivity index (χ4n) is 2.78. The number of benzene rings is 1. The molecule has 4 heteroatoms. The van der Waals surface area contributed by atoms with E-state index >= 15 is 0 Å². The minimum atomic E-state index is -0.194. The van der Waals surface area contributed by atoms with Gasteiger partial charge in [-0.15, -0.1) is 0 Å². The lowest BCUT2D eigenvalue weighted by molar-refractivity contribution is 0.628. The van der Waals surface area contributed by atoms with E-state index in [0.29, 0.717) is 0 Å². The molecule has 1 aromatic carbocycles. The Labute approximate surface area is 118 Å². The van der Waals surface area contributed by atoms with Crippen molar-refractivity contribution < 1.29 is 4.39 Å². The first-order chi connectivity index (χ1) is 9.69. The Morgan fingerprint density at radius 3 is 2.95 bits per heavy atom. The second kappa shape index (κ2) is 5.21. The molecule has 104 valence electrons. The van der Waals surface area contributed by atoms with Crippen molar-refractivity contribution in [2.45, 2.75) is 19.9 Å². The molecule has 3 nitrogen and oxygen atoms in total. The van der Waals surface area contributed by atoms with Crippen molar-refractivity contribution in [3.05, 3.63) is 53.0 Å². The van der Waals surface area contributed by atoms with E-state index in [-0.39, 0.29) is 5.82 Å². The number of anilines is 2. The van der Waals surface area contributed by atoms with Crippen molar-refractivity contribution in [1.29, 1.82) is 0 Å². The Morgan fingerprint density at radius 1 is 1.35 bits per heavy atom. The molecule has 1 N–H and O–H groups in total. The van der Waals surface area contributed by atoms with Gasteiger partial charge >= 0.3 is 0 Å². The maximum absolute atomic E-state index is 13.5. The Bertz CT molecular complexity index is 640. The van der Waals surface area contributed by atoms with E-state index in [1.54, 1.807) is 6.07 Å². The molecule has 0 radical (unpaired) electrons. The van der Waals surface area contributed by atoms with Crippen molar-refractivity contribution in [3.63, 3.8) is 0 Å². The average molecular weight is 271 g/mol. The maximum atomic E-state index is 13.5. The van der Waals surface area contributed by atoms with Crippen molar-refractivity contribution in [1.82, 2.24) is 10.3 Å². The average Bonchev–Trinajstić information content (AvgIpc) is 2.82. The number of hydrogen-bond donors (Lipinski definition) is 1. The first kappa shape index (κ1) is 13.1. The number of halogens is 1. The van der Waals surface area contributed by atoms with Crippen LogP contribution in [-0.4, -0.2) is 18.6 Å². The quantitative estimate of drug-likeness (QED) is 0.930. The van der Waals surface area contributed by atoms with Crippen LogP contribution < -0.4 is 10.2 Å². The molecule has 2 aromatic rings. The number of fused-ring (bicyclic) bond motifs is 1. The van der Waals surface area contributed by atoms with E-state index in [9.17, 15) is 4.39 Å². The summed E-state index contributed by atoms with van der Waals surface area (Å²) in [4.78, 5) is 6.68. The van der Waals surface area contributed by atoms with E-state index in [1.165, 1.54) is 11.6 Å². The molecule has 0 saturated carbocycles. The molecule has 20 heavy (non-hydrogen) atoms. The molecule has 0 unspecified atom stereocenters. The maximum Gasteiger partial charge on any atom is 0.135 e. The molecular weight excluding hydrogens is 253 g/mol. The number of rotatable bonds is 3. The lowest BCUT2D eigenvalue weighted by Crippen LogP contribution is -2.17. The van der Waals surface area contributed by atoms with Crippen LogP contribution in [0, 0.1) is 12.7 Å². The minimum absolute atomic E-state index is 0.194. The summed E-state index contributed by atoms with van der Waals surface area (Å²) < 4.78 is 13.5. The monoisotopic (exact) mass is 271 g/mol. The standard InChI is InChI=1S/C16H18FN3/c1-11-7-12(9-18-2)10-19-16(11)20-6-5-13-3-4-14(17)8-15(13)20/h3-4,7-8,10,18H,5-6,9H2,1-2H3. The summed E-state index contributed by atoms with van der Waals surface area (Å²) in [5, 5.41) is 3.12. The highest BCUT2D eigenvalue weighted by Gasteiger charge is 2.23. The van der Waals surface area contributed by atoms with E-state index in [4.69, 9.17) is 0 Å². The van der Waals surface area contributed by atoms with Crippen LogP contribution in [0.25, 0.3) is 0 Å². The van der Waals surface area contributed by atoms with Gasteiger partial charge in [-0.1, -0.05) is 6.07 Å². The van der Waals surface area contributed by atoms with Gasteiger partial charge in [-0.2, -0.15) is 0 Å². The van der Waals surface area contributed by atoms with E-state index in [0.717, 1.165) is 42.1 Å². The molecule has 0 atom stereocenters. The summed E-state index contributed by atoms with van der Waals surface area (Å²) in [5.41, 5.74) is 4.41. The SMILES string of the molecule is CNCc1cnc(N2CCc3ccc(F)cc32)c(C)c1. The number of aromatic nitrogens is 1. The second-order valence-corrected chi connectivity index (χ2v) is 5.19. The first-order valence-corrected chi connectivity index (χ1v) is 6.85. The third-order valence-electron chi connectivity index (χ3n) is 3.69. The number of hydrogen-bond acceptors (Lipinski definition) is 3. The van der Waals surface area contributed by atoms with Crippen LogP contribution in [-0.2, 0) is 13.0 Å². The fourth-order valence-corrected chi connectivity index (χ4v) is 2.78. The van der Waals surface area contributed by atoms with Crippen LogP contribution in [0.15, 0.2) is 30.5 Å². The highest BCUT2D eigenvalue weighted by molar-refractivity contribution is 5.69. The second-order valence-electron chi connectivity index (χ2n) is 5.19. The van der Waals surface area contributed by atoms with Gasteiger partial charge in [0, 0.05) is 25.0 Å². The summed E-state index contributed by atoms with van der Waals surface area (Å²) in [6.07, 6.45) is 2.82. The van der Waals surface area contributed by atoms with Gasteiger partial charge in [0.2, 0.25) is 0 Å². The van der Waals surface area contributed by atoms with Gasteiger partial charge in [-0.3, -0.25) is 0 Å². The third kappa shape index (κ3) is 2.27. The summed E-state index contributed by atoms with van der Waals surface area (Å²) in [5.74, 6) is 0.731. The lowest BCUT2D eigenvalue weighted by Gasteiger charge is -2.21. The van der Waals surface area contributed by atoms with Crippen LogP contribution in [0.5, 0.6) is 0 Å². The summed E-state index contributed by atoms with van der Waals surface area (Å²) in [6, 6.07) is 7.13. The number of nitrogens with zero attached hydrogens (tertiary/aromatic N) is 2. The Morgan fingerprint density at radius 2 is 2.20 bits per heavy atom. The topological polar surface area (TPSA) is 28.2 Å². The van der Waals surface area contributed by atoms with Crippen LogP contribution in [0.3, 0.4) is 0 Å². The zero-order valence-electron chi connectivity index (χ0n) is 11.8. The zero-order valence-corrected chi connectivity index (χ0v) is 11.8. The van der Waals surface area contributed by atoms with E-state index in [2.05, 4.69) is 28.2 Å². The normalized spacial score (nSPS) is 13.7. The third-order valence-corrected chi connectivity index (χ3v) is 3.69. The van der Waals surface area contributed by atoms with Crippen molar-refractivity contribution in [2.24, 2.45) is 0 Å². The Kier molecular flexibility index (Phi) is 3.40. The summed E-state index contributed by atoms with van der Waals surface area (Å²) in [6.45, 7) is 3.72. The predicted molar refractivity (Wildman–Crippen MR) is 78.8 cm³/mol. The van der Waals surface area contributed by atoms with Gasteiger partial charge in [-0.05, 0) is 55.3 Å². The molecule has 1 aliphatic heterocycles. The molecule has 0 aliphatic carbocycles. The van der Waals surface area contributed by atoms with Gasteiger partial charge < -0.3 is 10.2 Å². The lowest BCUT2D eigenvalue weighted by atomic mass is 10.1. The van der Waals surface area contributed by atoms with Gasteiger partial charge in [0.15, 0.2) is 0 Å². The fraction of sp³-hybridized carbons (Fsp3) is 0.312. The van der Waals surface area contributed by atoms with E-state index in [1.807, 2.05) is 19.3 Å². The van der Waals surface area contributed by atoms with Crippen molar-refractivity contribution in [2.75, 3.05) is 18.5 Å². The van der Waals surface area contributed by atoms with Crippen LogP contribution in [0.2, 0.25) is 0 Å². The molecule has 3 rings (SSSR count). The molecule has 0 fully saturated rings. The number of nitrogens with one attached hydrogen (secondary N) is 1. The summed E-state index contributed by atoms with van der Waals surface area (Å²) in [7, 11) is 1.92. The van der Waals surface area contributed by atoms with Crippen LogP contribution >= 0.6 is 0 Å². The molecule has 1 aromatic heterocycles. The molecule has 0 amide bonds. The Balaban J connectivity index is 1.98. The minimum Gasteiger partial charge on any atom is -0.325 e. The molecule has 0 spiro atoms. The number of pyridine rings is 1.